The van der Waals surface area contributed by atoms with Crippen LogP contribution in [0.25, 0.3) is 10.8 Å². The molecule has 1 unspecified atom stereocenters. The molecule has 2 N–H and O–H groups in total. The van der Waals surface area contributed by atoms with Crippen LogP contribution in [0.1, 0.15) is 33.8 Å². The fourth-order valence-corrected chi connectivity index (χ4v) is 3.21. The molecule has 3 heterocycles. The molecule has 0 spiro atoms. The Morgan fingerprint density at radius 1 is 1.11 bits per heavy atom. The first-order chi connectivity index (χ1) is 13.5. The molecule has 1 fully saturated rings. The van der Waals surface area contributed by atoms with Crippen LogP contribution in [0.5, 0.6) is 11.8 Å². The average molecular weight is 383 g/mol. The molecule has 1 aliphatic rings. The normalized spacial score (nSPS) is 16.9. The van der Waals surface area contributed by atoms with Crippen molar-refractivity contribution in [2.24, 2.45) is 10.2 Å². The third-order valence-electron chi connectivity index (χ3n) is 4.63. The van der Waals surface area contributed by atoms with Crippen LogP contribution in [0.3, 0.4) is 0 Å². The standard InChI is InChI=1S/C19H17N3O6/c23-16(20-21-17(24)15-4-2-8-28-15)11-5-6-13-14(9-11)19(26)22(18(13)25)10-12-3-1-7-27-12/h2,4-6,8-9,12,25-26H,1,3,7,10H2. The number of benzene rings is 1. The van der Waals surface area contributed by atoms with Crippen molar-refractivity contribution in [1.82, 2.24) is 4.57 Å². The van der Waals surface area contributed by atoms with Gasteiger partial charge in [-0.2, -0.15) is 0 Å². The van der Waals surface area contributed by atoms with Crippen LogP contribution in [0.15, 0.2) is 51.2 Å². The van der Waals surface area contributed by atoms with Gasteiger partial charge in [-0.15, -0.1) is 5.11 Å². The van der Waals surface area contributed by atoms with Crippen molar-refractivity contribution < 1.29 is 29.0 Å². The number of hydrogen-bond donors (Lipinski definition) is 2. The number of hydrogen-bond acceptors (Lipinski definition) is 6. The molecule has 1 aromatic carbocycles. The number of rotatable bonds is 4. The van der Waals surface area contributed by atoms with Gasteiger partial charge < -0.3 is 19.4 Å². The number of aromatic hydroxyl groups is 2. The van der Waals surface area contributed by atoms with Crippen LogP contribution in [0.2, 0.25) is 0 Å². The smallest absolute Gasteiger partial charge is 0.331 e. The summed E-state index contributed by atoms with van der Waals surface area (Å²) in [7, 11) is 0. The van der Waals surface area contributed by atoms with Gasteiger partial charge in [0, 0.05) is 22.9 Å². The van der Waals surface area contributed by atoms with Gasteiger partial charge in [0.05, 0.1) is 18.9 Å². The molecule has 2 amide bonds. The molecule has 4 rings (SSSR count). The van der Waals surface area contributed by atoms with Crippen LogP contribution in [0.4, 0.5) is 0 Å². The molecule has 1 saturated heterocycles. The number of furan rings is 1. The van der Waals surface area contributed by atoms with E-state index in [1.165, 1.54) is 41.2 Å². The molecule has 3 aromatic rings. The van der Waals surface area contributed by atoms with E-state index in [-0.39, 0.29) is 29.2 Å². The van der Waals surface area contributed by atoms with Crippen LogP contribution < -0.4 is 0 Å². The Morgan fingerprint density at radius 3 is 2.61 bits per heavy atom. The Balaban J connectivity index is 1.59. The Hall–Kier alpha value is -3.46. The first-order valence-electron chi connectivity index (χ1n) is 8.74. The van der Waals surface area contributed by atoms with E-state index in [2.05, 4.69) is 10.2 Å². The summed E-state index contributed by atoms with van der Waals surface area (Å²) in [5.41, 5.74) is 0.119. The molecular weight excluding hydrogens is 366 g/mol. The van der Waals surface area contributed by atoms with Gasteiger partial charge in [0.1, 0.15) is 0 Å². The molecule has 2 aromatic heterocycles. The highest BCUT2D eigenvalue weighted by Crippen LogP contribution is 2.37. The summed E-state index contributed by atoms with van der Waals surface area (Å²) in [6.07, 6.45) is 3.02. The van der Waals surface area contributed by atoms with Gasteiger partial charge in [0.25, 0.3) is 5.91 Å². The summed E-state index contributed by atoms with van der Waals surface area (Å²) in [6.45, 7) is 0.973. The molecule has 9 heteroatoms. The van der Waals surface area contributed by atoms with E-state index >= 15 is 0 Å². The molecule has 0 aliphatic carbocycles. The number of ether oxygens (including phenoxy) is 1. The summed E-state index contributed by atoms with van der Waals surface area (Å²) in [5, 5.41) is 28.4. The second-order valence-electron chi connectivity index (χ2n) is 6.44. The van der Waals surface area contributed by atoms with Crippen molar-refractivity contribution in [2.75, 3.05) is 6.61 Å². The third kappa shape index (κ3) is 3.27. The quantitative estimate of drug-likeness (QED) is 0.666. The van der Waals surface area contributed by atoms with Crippen LogP contribution in [-0.2, 0) is 11.3 Å². The highest BCUT2D eigenvalue weighted by atomic mass is 16.5. The van der Waals surface area contributed by atoms with Gasteiger partial charge in [-0.3, -0.25) is 14.2 Å². The average Bonchev–Trinajstić information content (AvgIpc) is 3.45. The largest absolute Gasteiger partial charge is 0.494 e. The third-order valence-corrected chi connectivity index (χ3v) is 4.63. The Kier molecular flexibility index (Phi) is 4.66. The number of aromatic nitrogens is 1. The summed E-state index contributed by atoms with van der Waals surface area (Å²) < 4.78 is 11.8. The van der Waals surface area contributed by atoms with Crippen molar-refractivity contribution in [3.05, 3.63) is 47.9 Å². The molecule has 28 heavy (non-hydrogen) atoms. The van der Waals surface area contributed by atoms with Crippen molar-refractivity contribution in [3.8, 4) is 11.8 Å². The number of azo groups is 1. The Bertz CT molecular complexity index is 1060. The van der Waals surface area contributed by atoms with Crippen molar-refractivity contribution in [3.63, 3.8) is 0 Å². The summed E-state index contributed by atoms with van der Waals surface area (Å²) >= 11 is 0. The fraction of sp³-hybridized carbons (Fsp3) is 0.263. The molecular formula is C19H17N3O6. The Labute approximate surface area is 158 Å². The minimum atomic E-state index is -0.775. The van der Waals surface area contributed by atoms with Crippen LogP contribution in [0, 0.1) is 0 Å². The van der Waals surface area contributed by atoms with Gasteiger partial charge >= 0.3 is 5.91 Å². The van der Waals surface area contributed by atoms with Gasteiger partial charge in [-0.05, 0) is 43.2 Å². The number of carbonyl (C=O) groups is 2. The summed E-state index contributed by atoms with van der Waals surface area (Å²) in [6, 6.07) is 7.28. The first kappa shape index (κ1) is 17.9. The van der Waals surface area contributed by atoms with Gasteiger partial charge in [0.2, 0.25) is 11.8 Å². The van der Waals surface area contributed by atoms with E-state index in [1.807, 2.05) is 0 Å². The fourth-order valence-electron chi connectivity index (χ4n) is 3.21. The van der Waals surface area contributed by atoms with Crippen molar-refractivity contribution in [1.29, 1.82) is 0 Å². The predicted octanol–water partition coefficient (Wildman–Crippen LogP) is 3.26. The maximum absolute atomic E-state index is 12.2. The minimum Gasteiger partial charge on any atom is -0.494 e. The number of amides is 2. The topological polar surface area (TPSA) is 127 Å². The molecule has 144 valence electrons. The van der Waals surface area contributed by atoms with E-state index in [0.29, 0.717) is 23.9 Å². The van der Waals surface area contributed by atoms with E-state index in [9.17, 15) is 19.8 Å². The lowest BCUT2D eigenvalue weighted by molar-refractivity contribution is 0.0930. The van der Waals surface area contributed by atoms with Gasteiger partial charge in [-0.25, -0.2) is 0 Å². The lowest BCUT2D eigenvalue weighted by Crippen LogP contribution is -2.14. The lowest BCUT2D eigenvalue weighted by atomic mass is 10.1. The van der Waals surface area contributed by atoms with E-state index in [4.69, 9.17) is 9.15 Å². The second kappa shape index (κ2) is 7.28. The number of nitrogens with zero attached hydrogens (tertiary/aromatic N) is 3. The lowest BCUT2D eigenvalue weighted by Gasteiger charge is -2.12. The van der Waals surface area contributed by atoms with Crippen LogP contribution in [-0.4, -0.2) is 39.3 Å². The minimum absolute atomic E-state index is 0.0271. The monoisotopic (exact) mass is 383 g/mol. The molecule has 1 aliphatic heterocycles. The molecule has 0 saturated carbocycles. The Morgan fingerprint density at radius 2 is 1.89 bits per heavy atom. The molecule has 9 nitrogen and oxygen atoms in total. The predicted molar refractivity (Wildman–Crippen MR) is 96.5 cm³/mol. The van der Waals surface area contributed by atoms with Gasteiger partial charge in [0.15, 0.2) is 5.76 Å². The maximum atomic E-state index is 12.2. The first-order valence-corrected chi connectivity index (χ1v) is 8.74. The zero-order valence-electron chi connectivity index (χ0n) is 14.7. The summed E-state index contributed by atoms with van der Waals surface area (Å²) in [5.74, 6) is -1.83. The zero-order chi connectivity index (χ0) is 19.7. The molecule has 0 radical (unpaired) electrons. The number of fused-ring (bicyclic) bond motifs is 1. The SMILES string of the molecule is O=C(N=NC(=O)c1ccco1)c1ccc2c(O)n(CC3CCCO3)c(O)c2c1. The second-order valence-corrected chi connectivity index (χ2v) is 6.44. The van der Waals surface area contributed by atoms with Crippen molar-refractivity contribution >= 4 is 22.6 Å². The highest BCUT2D eigenvalue weighted by Gasteiger charge is 2.23. The maximum Gasteiger partial charge on any atom is 0.331 e. The zero-order valence-corrected chi connectivity index (χ0v) is 14.7. The molecule has 1 atom stereocenters. The highest BCUT2D eigenvalue weighted by molar-refractivity contribution is 6.02. The van der Waals surface area contributed by atoms with E-state index in [1.54, 1.807) is 0 Å². The van der Waals surface area contributed by atoms with Gasteiger partial charge in [-0.1, -0.05) is 5.11 Å². The van der Waals surface area contributed by atoms with Crippen molar-refractivity contribution in [2.45, 2.75) is 25.5 Å². The molecule has 0 bridgehead atoms. The van der Waals surface area contributed by atoms with E-state index in [0.717, 1.165) is 12.8 Å². The number of carbonyl (C=O) groups excluding carboxylic acids is 2. The van der Waals surface area contributed by atoms with E-state index < -0.39 is 11.8 Å². The summed E-state index contributed by atoms with van der Waals surface area (Å²) in [4.78, 5) is 24.0. The van der Waals surface area contributed by atoms with Crippen LogP contribution >= 0.6 is 0 Å².